The normalized spacial score (nSPS) is 12.9. The molecule has 0 aliphatic carbocycles. The Balaban J connectivity index is 0.000000411. The van der Waals surface area contributed by atoms with Crippen LogP contribution in [0.3, 0.4) is 0 Å². The molecular weight excluding hydrogens is 482 g/mol. The fourth-order valence-corrected chi connectivity index (χ4v) is 4.10. The van der Waals surface area contributed by atoms with Crippen LogP contribution in [0.4, 0.5) is 5.69 Å². The summed E-state index contributed by atoms with van der Waals surface area (Å²) in [5, 5.41) is 7.00. The van der Waals surface area contributed by atoms with Crippen LogP contribution in [-0.2, 0) is 4.74 Å². The van der Waals surface area contributed by atoms with E-state index in [4.69, 9.17) is 9.84 Å². The molecule has 0 saturated carbocycles. The fourth-order valence-electron chi connectivity index (χ4n) is 3.31. The number of ether oxygens (including phenoxy) is 1. The molecule has 1 aliphatic heterocycles. The average Bonchev–Trinajstić information content (AvgIpc) is 2.90. The molecule has 0 aromatic heterocycles. The number of carbonyl (C=O) groups is 1. The van der Waals surface area contributed by atoms with Gasteiger partial charge in [0.25, 0.3) is 5.91 Å². The number of aliphatic hydroxyl groups excluding tert-OH is 1. The number of aryl methyl sites for hydroxylation is 1. The van der Waals surface area contributed by atoms with E-state index in [0.717, 1.165) is 39.3 Å². The van der Waals surface area contributed by atoms with Crippen molar-refractivity contribution in [3.05, 3.63) is 76.8 Å². The Kier molecular flexibility index (Phi) is 14.6. The second-order valence-electron chi connectivity index (χ2n) is 9.02. The van der Waals surface area contributed by atoms with Crippen LogP contribution in [-0.4, -0.2) is 69.1 Å². The standard InChI is InChI=1S/C18H24N2O2S.C11H15N.CH4O/c1-13(2)19-12-15(4)23-16-6-5-14(3)17(11-16)18(21)20-7-9-22-10-8-20;1-9(2)10-5-7-11(8-6-10)12(3)4;1-2/h5-6,11-12H,7-10H2,1-4H3;5-8H,1H2,2-4H3;2H,1H3/b15-12+;;. The zero-order valence-corrected chi connectivity index (χ0v) is 24.5. The number of thioether (sulfide) groups is 1. The van der Waals surface area contributed by atoms with Gasteiger partial charge in [-0.3, -0.25) is 9.79 Å². The number of aliphatic hydroxyl groups is 1. The molecule has 1 aliphatic rings. The van der Waals surface area contributed by atoms with Crippen LogP contribution in [0.25, 0.3) is 5.57 Å². The van der Waals surface area contributed by atoms with Gasteiger partial charge >= 0.3 is 0 Å². The summed E-state index contributed by atoms with van der Waals surface area (Å²) in [7, 11) is 5.07. The summed E-state index contributed by atoms with van der Waals surface area (Å²) in [6.07, 6.45) is 1.86. The van der Waals surface area contributed by atoms with Gasteiger partial charge in [-0.2, -0.15) is 0 Å². The number of amides is 1. The highest BCUT2D eigenvalue weighted by Crippen LogP contribution is 2.28. The lowest BCUT2D eigenvalue weighted by molar-refractivity contribution is 0.0302. The van der Waals surface area contributed by atoms with Gasteiger partial charge in [-0.1, -0.05) is 42.1 Å². The monoisotopic (exact) mass is 525 g/mol. The number of anilines is 1. The van der Waals surface area contributed by atoms with Crippen LogP contribution in [0.15, 0.2) is 70.0 Å². The molecule has 0 unspecified atom stereocenters. The molecule has 0 atom stereocenters. The minimum Gasteiger partial charge on any atom is -0.400 e. The molecule has 3 rings (SSSR count). The fraction of sp³-hybridized carbons (Fsp3) is 0.400. The van der Waals surface area contributed by atoms with Crippen LogP contribution in [0.5, 0.6) is 0 Å². The predicted octanol–water partition coefficient (Wildman–Crippen LogP) is 6.30. The summed E-state index contributed by atoms with van der Waals surface area (Å²) in [6.45, 7) is 16.4. The Hall–Kier alpha value is -2.87. The summed E-state index contributed by atoms with van der Waals surface area (Å²) >= 11 is 1.63. The SMILES string of the molecule is C=C(C)c1ccc(N(C)C)cc1.CC(C)=N/C=C(\C)Sc1ccc(C)c(C(=O)N2CCOCC2)c1.CO. The molecule has 0 radical (unpaired) electrons. The van der Waals surface area contributed by atoms with Gasteiger partial charge in [-0.25, -0.2) is 0 Å². The molecule has 2 aromatic rings. The maximum atomic E-state index is 12.7. The molecule has 1 saturated heterocycles. The number of benzene rings is 2. The molecule has 0 bridgehead atoms. The van der Waals surface area contributed by atoms with E-state index < -0.39 is 0 Å². The zero-order chi connectivity index (χ0) is 28.0. The Morgan fingerprint density at radius 1 is 1.05 bits per heavy atom. The molecule has 2 aromatic carbocycles. The second kappa shape index (κ2) is 16.8. The third kappa shape index (κ3) is 11.4. The zero-order valence-electron chi connectivity index (χ0n) is 23.7. The number of aliphatic imine (C=N–C) groups is 1. The van der Waals surface area contributed by atoms with Crippen molar-refractivity contribution in [3.8, 4) is 0 Å². The van der Waals surface area contributed by atoms with Gasteiger partial charge in [0.1, 0.15) is 0 Å². The lowest BCUT2D eigenvalue weighted by Gasteiger charge is -2.27. The van der Waals surface area contributed by atoms with Crippen molar-refractivity contribution in [1.29, 1.82) is 0 Å². The number of morpholine rings is 1. The van der Waals surface area contributed by atoms with Crippen molar-refractivity contribution >= 4 is 34.6 Å². The van der Waals surface area contributed by atoms with Gasteiger partial charge in [0, 0.05) is 67.3 Å². The van der Waals surface area contributed by atoms with Gasteiger partial charge in [0.05, 0.1) is 13.2 Å². The summed E-state index contributed by atoms with van der Waals surface area (Å²) in [6, 6.07) is 14.4. The predicted molar refractivity (Wildman–Crippen MR) is 160 cm³/mol. The van der Waals surface area contributed by atoms with Gasteiger partial charge in [-0.15, -0.1) is 0 Å². The van der Waals surface area contributed by atoms with Crippen molar-refractivity contribution in [2.24, 2.45) is 4.99 Å². The Morgan fingerprint density at radius 2 is 1.65 bits per heavy atom. The summed E-state index contributed by atoms with van der Waals surface area (Å²) < 4.78 is 5.32. The summed E-state index contributed by atoms with van der Waals surface area (Å²) in [4.78, 5) is 23.1. The lowest BCUT2D eigenvalue weighted by Crippen LogP contribution is -2.40. The molecular formula is C30H43N3O3S. The maximum Gasteiger partial charge on any atom is 0.254 e. The third-order valence-corrected chi connectivity index (χ3v) is 6.31. The van der Waals surface area contributed by atoms with Crippen LogP contribution < -0.4 is 4.90 Å². The van der Waals surface area contributed by atoms with Crippen molar-refractivity contribution in [1.82, 2.24) is 4.90 Å². The van der Waals surface area contributed by atoms with Gasteiger partial charge in [0.15, 0.2) is 0 Å². The van der Waals surface area contributed by atoms with E-state index in [1.165, 1.54) is 11.3 Å². The Morgan fingerprint density at radius 3 is 2.16 bits per heavy atom. The topological polar surface area (TPSA) is 65.4 Å². The number of rotatable bonds is 6. The smallest absolute Gasteiger partial charge is 0.254 e. The first-order chi connectivity index (χ1) is 17.6. The molecule has 1 N–H and O–H groups in total. The molecule has 0 spiro atoms. The van der Waals surface area contributed by atoms with E-state index in [-0.39, 0.29) is 5.91 Å². The van der Waals surface area contributed by atoms with E-state index in [1.807, 2.05) is 71.9 Å². The largest absolute Gasteiger partial charge is 0.400 e. The van der Waals surface area contributed by atoms with Crippen molar-refractivity contribution in [2.45, 2.75) is 39.5 Å². The van der Waals surface area contributed by atoms with E-state index >= 15 is 0 Å². The highest BCUT2D eigenvalue weighted by molar-refractivity contribution is 8.03. The van der Waals surface area contributed by atoms with Gasteiger partial charge < -0.3 is 19.6 Å². The van der Waals surface area contributed by atoms with Crippen LogP contribution in [0.2, 0.25) is 0 Å². The molecule has 37 heavy (non-hydrogen) atoms. The van der Waals surface area contributed by atoms with Crippen molar-refractivity contribution in [3.63, 3.8) is 0 Å². The lowest BCUT2D eigenvalue weighted by atomic mass is 10.1. The minimum absolute atomic E-state index is 0.0947. The third-order valence-electron chi connectivity index (χ3n) is 5.40. The Labute approximate surface area is 227 Å². The number of allylic oxidation sites excluding steroid dienone is 2. The number of nitrogens with zero attached hydrogens (tertiary/aromatic N) is 3. The maximum absolute atomic E-state index is 12.7. The highest BCUT2D eigenvalue weighted by Gasteiger charge is 2.20. The van der Waals surface area contributed by atoms with Gasteiger partial charge in [-0.05, 0) is 70.0 Å². The number of hydrogen-bond acceptors (Lipinski definition) is 6. The van der Waals surface area contributed by atoms with Gasteiger partial charge in [0.2, 0.25) is 0 Å². The van der Waals surface area contributed by atoms with Crippen molar-refractivity contribution in [2.75, 3.05) is 52.4 Å². The second-order valence-corrected chi connectivity index (χ2v) is 10.3. The average molecular weight is 526 g/mol. The first-order valence-electron chi connectivity index (χ1n) is 12.3. The first kappa shape index (κ1) is 32.2. The van der Waals surface area contributed by atoms with Crippen LogP contribution in [0.1, 0.15) is 49.2 Å². The molecule has 1 amide bonds. The Bertz CT molecular complexity index is 1070. The van der Waals surface area contributed by atoms with Crippen molar-refractivity contribution < 1.29 is 14.6 Å². The van der Waals surface area contributed by atoms with E-state index in [1.54, 1.807) is 11.8 Å². The number of hydrogen-bond donors (Lipinski definition) is 1. The molecule has 1 fully saturated rings. The molecule has 6 nitrogen and oxygen atoms in total. The van der Waals surface area contributed by atoms with E-state index in [9.17, 15) is 4.79 Å². The summed E-state index contributed by atoms with van der Waals surface area (Å²) in [5.74, 6) is 0.0947. The summed E-state index contributed by atoms with van der Waals surface area (Å²) in [5.41, 5.74) is 6.35. The minimum atomic E-state index is 0.0947. The van der Waals surface area contributed by atoms with Crippen LogP contribution in [0, 0.1) is 6.92 Å². The molecule has 7 heteroatoms. The van der Waals surface area contributed by atoms with E-state index in [2.05, 4.69) is 46.8 Å². The molecule has 1 heterocycles. The van der Waals surface area contributed by atoms with Crippen LogP contribution >= 0.6 is 11.8 Å². The highest BCUT2D eigenvalue weighted by atomic mass is 32.2. The van der Waals surface area contributed by atoms with E-state index in [0.29, 0.717) is 26.3 Å². The molecule has 202 valence electrons. The quantitative estimate of drug-likeness (QED) is 0.354. The first-order valence-corrected chi connectivity index (χ1v) is 13.1. The number of carbonyl (C=O) groups excluding carboxylic acids is 1.